The first-order valence-corrected chi connectivity index (χ1v) is 14.8. The Morgan fingerprint density at radius 3 is 2.48 bits per heavy atom. The lowest BCUT2D eigenvalue weighted by Gasteiger charge is -2.25. The van der Waals surface area contributed by atoms with Crippen molar-refractivity contribution in [1.82, 2.24) is 39.0 Å². The van der Waals surface area contributed by atoms with E-state index in [-0.39, 0.29) is 46.9 Å². The summed E-state index contributed by atoms with van der Waals surface area (Å²) in [6, 6.07) is 0. The molecule has 3 aliphatic heterocycles. The third-order valence-electron chi connectivity index (χ3n) is 7.77. The Bertz CT molecular complexity index is 1820. The van der Waals surface area contributed by atoms with E-state index in [9.17, 15) is 29.6 Å². The number of aromatic amines is 1. The van der Waals surface area contributed by atoms with Gasteiger partial charge in [-0.1, -0.05) is 0 Å². The van der Waals surface area contributed by atoms with Gasteiger partial charge in [0.1, 0.15) is 30.2 Å². The average Bonchev–Trinajstić information content (AvgIpc) is 3.72. The highest BCUT2D eigenvalue weighted by molar-refractivity contribution is 7.47. The zero-order chi connectivity index (χ0) is 30.9. The van der Waals surface area contributed by atoms with Crippen LogP contribution in [0, 0.1) is 5.92 Å². The number of phosphoric ester groups is 1. The number of H-pyrrole nitrogens is 1. The van der Waals surface area contributed by atoms with Crippen molar-refractivity contribution >= 4 is 41.9 Å². The summed E-state index contributed by atoms with van der Waals surface area (Å²) < 4.78 is 43.9. The number of nitrogens with zero attached hydrogens (tertiary/aromatic N) is 7. The summed E-state index contributed by atoms with van der Waals surface area (Å²) in [5.41, 5.74) is 11.3. The molecular weight excluding hydrogens is 611 g/mol. The topological polar surface area (TPSA) is 303 Å². The average molecular weight is 638 g/mol. The van der Waals surface area contributed by atoms with E-state index in [0.29, 0.717) is 0 Å². The molecule has 3 fully saturated rings. The van der Waals surface area contributed by atoms with Crippen LogP contribution in [0.25, 0.3) is 22.3 Å². The molecule has 236 valence electrons. The maximum Gasteiger partial charge on any atom is 0.472 e. The molecular formula is C22H27N10O11P. The molecule has 21 nitrogen and oxygen atoms in total. The van der Waals surface area contributed by atoms with Gasteiger partial charge in [-0.2, -0.15) is 4.98 Å². The number of aliphatic hydroxyl groups excluding tert-OH is 3. The lowest BCUT2D eigenvalue weighted by molar-refractivity contribution is -0.250. The Kier molecular flexibility index (Phi) is 7.12. The molecule has 0 amide bonds. The number of fused-ring (bicyclic) bond motifs is 5. The minimum atomic E-state index is -4.99. The van der Waals surface area contributed by atoms with Gasteiger partial charge < -0.3 is 45.9 Å². The minimum Gasteiger partial charge on any atom is -0.388 e. The number of phosphoric acid groups is 1. The Morgan fingerprint density at radius 1 is 0.932 bits per heavy atom. The van der Waals surface area contributed by atoms with Gasteiger partial charge in [0.25, 0.3) is 5.56 Å². The number of aliphatic hydroxyl groups is 3. The Labute approximate surface area is 245 Å². The van der Waals surface area contributed by atoms with E-state index in [4.69, 9.17) is 34.7 Å². The van der Waals surface area contributed by atoms with Crippen LogP contribution in [0.4, 0.5) is 11.8 Å². The fraction of sp³-hybridized carbons (Fsp3) is 0.545. The van der Waals surface area contributed by atoms with Gasteiger partial charge in [-0.05, 0) is 12.8 Å². The number of rotatable bonds is 2. The van der Waals surface area contributed by atoms with E-state index < -0.39 is 75.4 Å². The number of hydrogen-bond acceptors (Lipinski definition) is 17. The normalized spacial score (nSPS) is 36.6. The molecule has 0 spiro atoms. The van der Waals surface area contributed by atoms with Crippen LogP contribution in [0.15, 0.2) is 23.8 Å². The summed E-state index contributed by atoms with van der Waals surface area (Å²) >= 11 is 0. The van der Waals surface area contributed by atoms with Gasteiger partial charge in [-0.15, -0.1) is 0 Å². The highest BCUT2D eigenvalue weighted by Crippen LogP contribution is 2.51. The van der Waals surface area contributed by atoms with E-state index in [2.05, 4.69) is 29.9 Å². The van der Waals surface area contributed by atoms with Crippen LogP contribution >= 0.6 is 7.82 Å². The molecule has 0 radical (unpaired) electrons. The third kappa shape index (κ3) is 4.92. The molecule has 10 unspecified atom stereocenters. The molecule has 44 heavy (non-hydrogen) atoms. The van der Waals surface area contributed by atoms with E-state index in [0.717, 1.165) is 6.33 Å². The standard InChI is InChI=1S/C22H27N10O11P/c23-15-10-16(26-4-25-15)31(5-27-10)19-12(34)7-1-2-9(33)41-21-13(35)14(43-44(37,38)39-3-8(7)40-19)20(42-21)32-6-28-11-17(32)29-22(24)30-18(11)36/h4-9,12-14,19-21,33-35H,1-3H2,(H,37,38)(H2,23,25,26)(H3,24,29,30,36). The minimum absolute atomic E-state index is 0.0743. The summed E-state index contributed by atoms with van der Waals surface area (Å²) in [6.45, 7) is -0.536. The molecule has 0 aromatic carbocycles. The van der Waals surface area contributed by atoms with E-state index in [1.807, 2.05) is 0 Å². The van der Waals surface area contributed by atoms with Crippen molar-refractivity contribution in [2.75, 3.05) is 18.1 Å². The number of nitrogens with one attached hydrogen (secondary N) is 1. The second kappa shape index (κ2) is 10.8. The first kappa shape index (κ1) is 29.1. The van der Waals surface area contributed by atoms with Gasteiger partial charge in [0, 0.05) is 5.92 Å². The smallest absolute Gasteiger partial charge is 0.388 e. The molecule has 7 rings (SSSR count). The van der Waals surface area contributed by atoms with Crippen molar-refractivity contribution in [2.24, 2.45) is 5.92 Å². The molecule has 0 aliphatic carbocycles. The van der Waals surface area contributed by atoms with Gasteiger partial charge in [0.15, 0.2) is 47.7 Å². The van der Waals surface area contributed by atoms with E-state index in [1.54, 1.807) is 0 Å². The second-order valence-electron chi connectivity index (χ2n) is 10.5. The number of nitrogens with two attached hydrogens (primary N) is 2. The van der Waals surface area contributed by atoms with Gasteiger partial charge in [-0.25, -0.2) is 24.5 Å². The van der Waals surface area contributed by atoms with Crippen LogP contribution in [0.5, 0.6) is 0 Å². The zero-order valence-electron chi connectivity index (χ0n) is 22.4. The van der Waals surface area contributed by atoms with Crippen molar-refractivity contribution in [3.05, 3.63) is 29.3 Å². The Morgan fingerprint density at radius 2 is 1.68 bits per heavy atom. The maximum absolute atomic E-state index is 13.2. The maximum atomic E-state index is 13.2. The highest BCUT2D eigenvalue weighted by atomic mass is 31.2. The molecule has 7 heterocycles. The quantitative estimate of drug-likeness (QED) is 0.115. The number of ether oxygens (including phenoxy) is 3. The van der Waals surface area contributed by atoms with Crippen LogP contribution in [0.3, 0.4) is 0 Å². The SMILES string of the molecule is Nc1nc2c(ncn2C2OC3OC(O)CCC4C(COP(=O)(O)OC2C3O)OC(n2cnc3c(N)ncnc32)C4O)c(=O)[nH]1. The molecule has 2 bridgehead atoms. The Hall–Kier alpha value is -3.63. The van der Waals surface area contributed by atoms with Crippen molar-refractivity contribution in [1.29, 1.82) is 0 Å². The van der Waals surface area contributed by atoms with Crippen molar-refractivity contribution in [3.8, 4) is 0 Å². The zero-order valence-corrected chi connectivity index (χ0v) is 23.3. The molecule has 3 saturated heterocycles. The number of imidazole rings is 2. The second-order valence-corrected chi connectivity index (χ2v) is 11.9. The largest absolute Gasteiger partial charge is 0.472 e. The van der Waals surface area contributed by atoms with Gasteiger partial charge in [0.2, 0.25) is 5.95 Å². The molecule has 22 heteroatoms. The number of hydrogen-bond donors (Lipinski definition) is 7. The summed E-state index contributed by atoms with van der Waals surface area (Å²) in [4.78, 5) is 45.6. The molecule has 10 atom stereocenters. The van der Waals surface area contributed by atoms with Crippen molar-refractivity contribution in [3.63, 3.8) is 0 Å². The summed E-state index contributed by atoms with van der Waals surface area (Å²) in [7, 11) is -4.99. The fourth-order valence-electron chi connectivity index (χ4n) is 5.71. The Balaban J connectivity index is 1.18. The van der Waals surface area contributed by atoms with Crippen LogP contribution in [0.1, 0.15) is 25.3 Å². The van der Waals surface area contributed by atoms with Crippen molar-refractivity contribution < 1.29 is 48.0 Å². The summed E-state index contributed by atoms with van der Waals surface area (Å²) in [5, 5.41) is 33.0. The number of nitrogen functional groups attached to an aromatic ring is 2. The van der Waals surface area contributed by atoms with Gasteiger partial charge in [0.05, 0.1) is 25.4 Å². The number of aromatic nitrogens is 8. The van der Waals surface area contributed by atoms with Crippen LogP contribution in [-0.4, -0.2) is 103 Å². The number of anilines is 2. The van der Waals surface area contributed by atoms with Gasteiger partial charge >= 0.3 is 7.82 Å². The lowest BCUT2D eigenvalue weighted by atomic mass is 9.93. The third-order valence-corrected chi connectivity index (χ3v) is 8.76. The van der Waals surface area contributed by atoms with E-state index >= 15 is 0 Å². The summed E-state index contributed by atoms with van der Waals surface area (Å²) in [6.07, 6.45) is -7.41. The monoisotopic (exact) mass is 638 g/mol. The van der Waals surface area contributed by atoms with Gasteiger partial charge in [-0.3, -0.25) is 28.0 Å². The lowest BCUT2D eigenvalue weighted by Crippen LogP contribution is -2.36. The highest BCUT2D eigenvalue weighted by Gasteiger charge is 2.52. The first-order valence-electron chi connectivity index (χ1n) is 13.3. The predicted octanol–water partition coefficient (Wildman–Crippen LogP) is -2.15. The molecule has 3 aliphatic rings. The molecule has 4 aromatic heterocycles. The first-order chi connectivity index (χ1) is 21.0. The van der Waals surface area contributed by atoms with E-state index in [1.165, 1.54) is 21.8 Å². The molecule has 9 N–H and O–H groups in total. The molecule has 0 saturated carbocycles. The molecule has 4 aromatic rings. The predicted molar refractivity (Wildman–Crippen MR) is 143 cm³/mol. The van der Waals surface area contributed by atoms with Crippen LogP contribution in [0.2, 0.25) is 0 Å². The van der Waals surface area contributed by atoms with Crippen molar-refractivity contribution in [2.45, 2.75) is 62.3 Å². The van der Waals surface area contributed by atoms with Crippen LogP contribution < -0.4 is 17.0 Å². The fourth-order valence-corrected chi connectivity index (χ4v) is 6.64. The van der Waals surface area contributed by atoms with Crippen LogP contribution in [-0.2, 0) is 27.8 Å². The summed E-state index contributed by atoms with van der Waals surface area (Å²) in [5.74, 6) is -0.857.